The van der Waals surface area contributed by atoms with Gasteiger partial charge in [0.05, 0.1) is 23.9 Å². The molecule has 0 saturated carbocycles. The summed E-state index contributed by atoms with van der Waals surface area (Å²) in [5.41, 5.74) is 0.469. The number of carbonyl (C=O) groups is 2. The van der Waals surface area contributed by atoms with Crippen molar-refractivity contribution in [2.24, 2.45) is 0 Å². The SMILES string of the molecule is CCOC(=O)CNc1cc(Cl)cc(Cl)c1C(=O)OCC. The quantitative estimate of drug-likeness (QED) is 0.816. The Morgan fingerprint density at radius 2 is 1.80 bits per heavy atom. The molecule has 1 aromatic carbocycles. The van der Waals surface area contributed by atoms with Crippen LogP contribution in [0.4, 0.5) is 5.69 Å². The van der Waals surface area contributed by atoms with Crippen molar-refractivity contribution < 1.29 is 19.1 Å². The summed E-state index contributed by atoms with van der Waals surface area (Å²) in [6.07, 6.45) is 0. The number of hydrogen-bond donors (Lipinski definition) is 1. The Labute approximate surface area is 127 Å². The molecule has 0 amide bonds. The number of rotatable bonds is 6. The lowest BCUT2D eigenvalue weighted by Gasteiger charge is -2.13. The number of nitrogens with one attached hydrogen (secondary N) is 1. The van der Waals surface area contributed by atoms with E-state index in [1.807, 2.05) is 0 Å². The van der Waals surface area contributed by atoms with Gasteiger partial charge in [0.25, 0.3) is 0 Å². The van der Waals surface area contributed by atoms with Crippen LogP contribution < -0.4 is 5.32 Å². The van der Waals surface area contributed by atoms with Gasteiger partial charge in [-0.05, 0) is 26.0 Å². The highest BCUT2D eigenvalue weighted by atomic mass is 35.5. The molecule has 0 bridgehead atoms. The fraction of sp³-hybridized carbons (Fsp3) is 0.385. The van der Waals surface area contributed by atoms with Crippen LogP contribution in [0.25, 0.3) is 0 Å². The average Bonchev–Trinajstić information content (AvgIpc) is 2.36. The number of hydrogen-bond acceptors (Lipinski definition) is 5. The van der Waals surface area contributed by atoms with Crippen LogP contribution in [0.1, 0.15) is 24.2 Å². The van der Waals surface area contributed by atoms with Gasteiger partial charge in [0.15, 0.2) is 0 Å². The summed E-state index contributed by atoms with van der Waals surface area (Å²) >= 11 is 11.9. The van der Waals surface area contributed by atoms with E-state index in [1.54, 1.807) is 13.8 Å². The molecule has 5 nitrogen and oxygen atoms in total. The van der Waals surface area contributed by atoms with Crippen molar-refractivity contribution in [1.82, 2.24) is 0 Å². The molecular formula is C13H15Cl2NO4. The molecule has 0 saturated heterocycles. The van der Waals surface area contributed by atoms with Crippen molar-refractivity contribution in [3.8, 4) is 0 Å². The predicted molar refractivity (Wildman–Crippen MR) is 77.5 cm³/mol. The van der Waals surface area contributed by atoms with Gasteiger partial charge in [-0.1, -0.05) is 23.2 Å². The van der Waals surface area contributed by atoms with Crippen molar-refractivity contribution >= 4 is 40.8 Å². The standard InChI is InChI=1S/C13H15Cl2NO4/c1-3-19-11(17)7-16-10-6-8(14)5-9(15)12(10)13(18)20-4-2/h5-6,16H,3-4,7H2,1-2H3. The lowest BCUT2D eigenvalue weighted by atomic mass is 10.1. The number of ether oxygens (including phenoxy) is 2. The summed E-state index contributed by atoms with van der Waals surface area (Å²) in [6.45, 7) is 3.79. The molecule has 1 N–H and O–H groups in total. The van der Waals surface area contributed by atoms with E-state index in [9.17, 15) is 9.59 Å². The molecule has 0 unspecified atom stereocenters. The number of halogens is 2. The predicted octanol–water partition coefficient (Wildman–Crippen LogP) is 3.15. The number of benzene rings is 1. The van der Waals surface area contributed by atoms with Gasteiger partial charge in [-0.25, -0.2) is 4.79 Å². The summed E-state index contributed by atoms with van der Waals surface area (Å²) in [5, 5.41) is 3.27. The van der Waals surface area contributed by atoms with Gasteiger partial charge in [0.2, 0.25) is 0 Å². The van der Waals surface area contributed by atoms with Crippen molar-refractivity contribution in [3.05, 3.63) is 27.7 Å². The lowest BCUT2D eigenvalue weighted by molar-refractivity contribution is -0.140. The van der Waals surface area contributed by atoms with Gasteiger partial charge >= 0.3 is 11.9 Å². The highest BCUT2D eigenvalue weighted by Crippen LogP contribution is 2.29. The fourth-order valence-corrected chi connectivity index (χ4v) is 2.07. The maximum absolute atomic E-state index is 11.9. The minimum atomic E-state index is -0.583. The highest BCUT2D eigenvalue weighted by molar-refractivity contribution is 6.37. The Morgan fingerprint density at radius 1 is 1.15 bits per heavy atom. The molecule has 0 aromatic heterocycles. The molecule has 0 heterocycles. The smallest absolute Gasteiger partial charge is 0.341 e. The minimum absolute atomic E-state index is 0.100. The van der Waals surface area contributed by atoms with E-state index < -0.39 is 11.9 Å². The van der Waals surface area contributed by atoms with Gasteiger partial charge in [-0.15, -0.1) is 0 Å². The van der Waals surface area contributed by atoms with Crippen molar-refractivity contribution in [2.45, 2.75) is 13.8 Å². The van der Waals surface area contributed by atoms with Gasteiger partial charge in [-0.2, -0.15) is 0 Å². The molecule has 0 radical (unpaired) electrons. The normalized spacial score (nSPS) is 10.0. The average molecular weight is 320 g/mol. The van der Waals surface area contributed by atoms with E-state index in [1.165, 1.54) is 12.1 Å². The Hall–Kier alpha value is -1.46. The van der Waals surface area contributed by atoms with E-state index in [0.29, 0.717) is 10.7 Å². The first kappa shape index (κ1) is 16.6. The van der Waals surface area contributed by atoms with Gasteiger partial charge in [-0.3, -0.25) is 4.79 Å². The maximum atomic E-state index is 11.9. The third-order valence-electron chi connectivity index (χ3n) is 2.26. The third-order valence-corrected chi connectivity index (χ3v) is 2.78. The Balaban J connectivity index is 2.98. The van der Waals surface area contributed by atoms with E-state index >= 15 is 0 Å². The third kappa shape index (κ3) is 4.58. The number of esters is 2. The zero-order valence-corrected chi connectivity index (χ0v) is 12.7. The molecule has 20 heavy (non-hydrogen) atoms. The van der Waals surface area contributed by atoms with Gasteiger partial charge in [0, 0.05) is 5.02 Å². The lowest BCUT2D eigenvalue weighted by Crippen LogP contribution is -2.19. The molecule has 0 aliphatic rings. The van der Waals surface area contributed by atoms with Crippen LogP contribution in [0.15, 0.2) is 12.1 Å². The molecule has 0 fully saturated rings. The molecule has 110 valence electrons. The van der Waals surface area contributed by atoms with Gasteiger partial charge in [0.1, 0.15) is 12.1 Å². The molecule has 0 aliphatic carbocycles. The number of anilines is 1. The highest BCUT2D eigenvalue weighted by Gasteiger charge is 2.18. The second-order valence-electron chi connectivity index (χ2n) is 3.69. The van der Waals surface area contributed by atoms with E-state index in [0.717, 1.165) is 0 Å². The van der Waals surface area contributed by atoms with E-state index in [-0.39, 0.29) is 30.3 Å². The summed E-state index contributed by atoms with van der Waals surface area (Å²) in [4.78, 5) is 23.2. The number of carbonyl (C=O) groups excluding carboxylic acids is 2. The second kappa shape index (κ2) is 7.97. The summed E-state index contributed by atoms with van der Waals surface area (Å²) in [6, 6.07) is 2.93. The summed E-state index contributed by atoms with van der Waals surface area (Å²) in [7, 11) is 0. The first-order valence-electron chi connectivity index (χ1n) is 6.05. The van der Waals surface area contributed by atoms with E-state index in [2.05, 4.69) is 5.32 Å². The molecule has 0 spiro atoms. The van der Waals surface area contributed by atoms with Crippen molar-refractivity contribution in [1.29, 1.82) is 0 Å². The first-order chi connectivity index (χ1) is 9.49. The van der Waals surface area contributed by atoms with Crippen LogP contribution in [0.3, 0.4) is 0 Å². The van der Waals surface area contributed by atoms with Crippen LogP contribution in [0.5, 0.6) is 0 Å². The summed E-state index contributed by atoms with van der Waals surface area (Å²) in [5.74, 6) is -1.03. The van der Waals surface area contributed by atoms with Crippen LogP contribution in [-0.2, 0) is 14.3 Å². The van der Waals surface area contributed by atoms with Crippen LogP contribution in [0.2, 0.25) is 10.0 Å². The van der Waals surface area contributed by atoms with E-state index in [4.69, 9.17) is 32.7 Å². The van der Waals surface area contributed by atoms with Crippen LogP contribution in [0, 0.1) is 0 Å². The van der Waals surface area contributed by atoms with Crippen molar-refractivity contribution in [2.75, 3.05) is 25.1 Å². The van der Waals surface area contributed by atoms with Gasteiger partial charge < -0.3 is 14.8 Å². The largest absolute Gasteiger partial charge is 0.465 e. The van der Waals surface area contributed by atoms with Crippen LogP contribution in [-0.4, -0.2) is 31.7 Å². The fourth-order valence-electron chi connectivity index (χ4n) is 1.50. The Bertz CT molecular complexity index is 505. The molecule has 1 rings (SSSR count). The summed E-state index contributed by atoms with van der Waals surface area (Å²) < 4.78 is 9.71. The Morgan fingerprint density at radius 3 is 2.40 bits per heavy atom. The first-order valence-corrected chi connectivity index (χ1v) is 6.80. The van der Waals surface area contributed by atoms with Crippen molar-refractivity contribution in [3.63, 3.8) is 0 Å². The molecule has 0 aliphatic heterocycles. The monoisotopic (exact) mass is 319 g/mol. The van der Waals surface area contributed by atoms with Crippen LogP contribution >= 0.6 is 23.2 Å². The topological polar surface area (TPSA) is 64.6 Å². The molecule has 7 heteroatoms. The zero-order chi connectivity index (χ0) is 15.1. The molecule has 0 atom stereocenters. The maximum Gasteiger partial charge on any atom is 0.341 e. The molecule has 1 aromatic rings. The Kier molecular flexibility index (Phi) is 6.61. The zero-order valence-electron chi connectivity index (χ0n) is 11.2. The molecular weight excluding hydrogens is 305 g/mol. The second-order valence-corrected chi connectivity index (χ2v) is 4.53. The minimum Gasteiger partial charge on any atom is -0.465 e.